The van der Waals surface area contributed by atoms with Gasteiger partial charge in [-0.3, -0.25) is 28.8 Å². The largest absolute Gasteiger partial charge is 0.507 e. The molecule has 4 amide bonds. The summed E-state index contributed by atoms with van der Waals surface area (Å²) in [5, 5.41) is 17.4. The van der Waals surface area contributed by atoms with Gasteiger partial charge in [-0.15, -0.1) is 11.3 Å². The highest BCUT2D eigenvalue weighted by Gasteiger charge is 2.68. The predicted molar refractivity (Wildman–Crippen MR) is 228 cm³/mol. The van der Waals surface area contributed by atoms with Gasteiger partial charge >= 0.3 is 0 Å². The maximum atomic E-state index is 15.3. The van der Waals surface area contributed by atoms with Crippen LogP contribution >= 0.6 is 22.9 Å². The number of aryl methyl sites for hydroxylation is 4. The summed E-state index contributed by atoms with van der Waals surface area (Å²) in [6.45, 7) is 10.4. The third kappa shape index (κ3) is 5.52. The second-order valence-electron chi connectivity index (χ2n) is 17.0. The molecule has 3 aromatic carbocycles. The molecule has 4 fully saturated rings. The lowest BCUT2D eigenvalue weighted by Crippen LogP contribution is -2.49. The zero-order valence-electron chi connectivity index (χ0n) is 33.5. The van der Waals surface area contributed by atoms with Crippen LogP contribution in [0.25, 0.3) is 20.7 Å². The lowest BCUT2D eigenvalue weighted by molar-refractivity contribution is -0.131. The minimum Gasteiger partial charge on any atom is -0.507 e. The number of morpholine rings is 1. The van der Waals surface area contributed by atoms with E-state index in [0.717, 1.165) is 50.4 Å². The van der Waals surface area contributed by atoms with E-state index in [0.29, 0.717) is 53.0 Å². The Morgan fingerprint density at radius 2 is 1.56 bits per heavy atom. The van der Waals surface area contributed by atoms with Crippen molar-refractivity contribution in [2.24, 2.45) is 36.1 Å². The van der Waals surface area contributed by atoms with E-state index in [-0.39, 0.29) is 35.8 Å². The first-order chi connectivity index (χ1) is 28.3. The maximum Gasteiger partial charge on any atom is 0.242 e. The van der Waals surface area contributed by atoms with Gasteiger partial charge < -0.3 is 14.7 Å². The number of aromatic nitrogens is 2. The van der Waals surface area contributed by atoms with Gasteiger partial charge in [0, 0.05) is 47.5 Å². The summed E-state index contributed by atoms with van der Waals surface area (Å²) in [6, 6.07) is 18.9. The molecule has 0 radical (unpaired) electrons. The summed E-state index contributed by atoms with van der Waals surface area (Å²) in [5.74, 6) is -3.83. The fraction of sp³-hybridized carbons (Fsp3) is 0.370. The molecule has 6 atom stereocenters. The number of hydrogen-bond acceptors (Lipinski definition) is 9. The zero-order chi connectivity index (χ0) is 41.2. The first-order valence-corrected chi connectivity index (χ1v) is 21.4. The van der Waals surface area contributed by atoms with E-state index in [4.69, 9.17) is 21.4 Å². The molecule has 5 heterocycles. The molecule has 5 aliphatic rings. The number of thiophene rings is 1. The molecule has 1 N–H and O–H groups in total. The third-order valence-corrected chi connectivity index (χ3v) is 15.4. The Hall–Kier alpha value is -5.30. The number of benzene rings is 3. The topological polar surface area (TPSA) is 125 Å². The van der Waals surface area contributed by atoms with Crippen molar-refractivity contribution in [2.45, 2.75) is 46.5 Å². The van der Waals surface area contributed by atoms with E-state index in [2.05, 4.69) is 11.0 Å². The number of nitrogens with zero attached hydrogens (tertiary/aromatic N) is 5. The Morgan fingerprint density at radius 3 is 2.27 bits per heavy atom. The van der Waals surface area contributed by atoms with Crippen molar-refractivity contribution >= 4 is 73.8 Å². The van der Waals surface area contributed by atoms with E-state index in [1.54, 1.807) is 23.1 Å². The zero-order valence-corrected chi connectivity index (χ0v) is 35.1. The summed E-state index contributed by atoms with van der Waals surface area (Å²) in [5.41, 5.74) is 4.94. The van der Waals surface area contributed by atoms with Gasteiger partial charge in [0.25, 0.3) is 0 Å². The molecular formula is C46H44ClN5O6S. The molecular weight excluding hydrogens is 786 g/mol. The van der Waals surface area contributed by atoms with E-state index >= 15 is 9.59 Å². The molecule has 1 saturated carbocycles. The molecule has 302 valence electrons. The molecule has 2 aromatic heterocycles. The van der Waals surface area contributed by atoms with Crippen molar-refractivity contribution in [3.05, 3.63) is 99.6 Å². The van der Waals surface area contributed by atoms with Crippen molar-refractivity contribution < 1.29 is 29.0 Å². The van der Waals surface area contributed by atoms with Crippen LogP contribution in [-0.4, -0.2) is 64.8 Å². The van der Waals surface area contributed by atoms with E-state index in [1.807, 2.05) is 88.4 Å². The fourth-order valence-electron chi connectivity index (χ4n) is 10.9. The van der Waals surface area contributed by atoms with Crippen molar-refractivity contribution in [1.29, 1.82) is 0 Å². The highest BCUT2D eigenvalue weighted by Crippen LogP contribution is 2.64. The number of halogens is 1. The Bertz CT molecular complexity index is 2660. The Labute approximate surface area is 350 Å². The van der Waals surface area contributed by atoms with Crippen molar-refractivity contribution in [3.8, 4) is 16.3 Å². The first-order valence-electron chi connectivity index (χ1n) is 20.2. The fourth-order valence-corrected chi connectivity index (χ4v) is 12.2. The summed E-state index contributed by atoms with van der Waals surface area (Å²) in [6.07, 6.45) is 2.64. The van der Waals surface area contributed by atoms with Crippen molar-refractivity contribution in [3.63, 3.8) is 0 Å². The number of anilines is 3. The quantitative estimate of drug-likeness (QED) is 0.140. The van der Waals surface area contributed by atoms with Gasteiger partial charge in [0.05, 0.1) is 46.9 Å². The first kappa shape index (κ1) is 37.9. The number of allylic oxidation sites excluding steroid dienone is 2. The molecule has 5 aromatic rings. The van der Waals surface area contributed by atoms with Crippen LogP contribution in [0.5, 0.6) is 5.75 Å². The van der Waals surface area contributed by atoms with Crippen LogP contribution in [-0.2, 0) is 31.0 Å². The second kappa shape index (κ2) is 13.6. The lowest BCUT2D eigenvalue weighted by atomic mass is 9.51. The van der Waals surface area contributed by atoms with Crippen LogP contribution in [0.2, 0.25) is 5.02 Å². The Morgan fingerprint density at radius 1 is 0.864 bits per heavy atom. The number of imide groups is 2. The summed E-state index contributed by atoms with van der Waals surface area (Å²) < 4.78 is 8.16. The number of hydrogen-bond donors (Lipinski definition) is 1. The summed E-state index contributed by atoms with van der Waals surface area (Å²) in [4.78, 5) is 65.1. The molecule has 59 heavy (non-hydrogen) atoms. The smallest absolute Gasteiger partial charge is 0.242 e. The number of ether oxygens (including phenoxy) is 1. The summed E-state index contributed by atoms with van der Waals surface area (Å²) >= 11 is 7.93. The predicted octanol–water partition coefficient (Wildman–Crippen LogP) is 7.86. The number of aromatic hydroxyl groups is 1. The number of phenolic OH excluding ortho intramolecular Hbond substituents is 1. The molecule has 2 aliphatic carbocycles. The monoisotopic (exact) mass is 829 g/mol. The highest BCUT2D eigenvalue weighted by atomic mass is 35.5. The minimum atomic E-state index is -1.24. The summed E-state index contributed by atoms with van der Waals surface area (Å²) in [7, 11) is 1.74. The SMILES string of the molecule is Cc1cc([C@H]2C3=CC[C@@H]4C(=O)N(c5ccc(N6CCOCC6)cc5)C(=O)[C@@H]4[C@@H]3C[C@H]3C(=O)N(c4cc(-c5sc6ccc(Cl)cc6c5C)nn4C)C(=O)[C@@]23C)cc(C)c1O. The maximum absolute atomic E-state index is 15.3. The van der Waals surface area contributed by atoms with Gasteiger partial charge in [-0.05, 0) is 117 Å². The van der Waals surface area contributed by atoms with Crippen molar-refractivity contribution in [1.82, 2.24) is 9.78 Å². The third-order valence-electron chi connectivity index (χ3n) is 13.8. The second-order valence-corrected chi connectivity index (χ2v) is 18.5. The van der Waals surface area contributed by atoms with Crippen LogP contribution in [0.15, 0.2) is 72.3 Å². The number of carbonyl (C=O) groups excluding carboxylic acids is 4. The molecule has 11 nitrogen and oxygen atoms in total. The molecule has 10 rings (SSSR count). The van der Waals surface area contributed by atoms with E-state index < -0.39 is 35.0 Å². The standard InChI is InChI=1S/C46H44ClN5O6S/c1-23-18-26(19-24(2)40(23)53)39-30-11-12-31-38(44(56)51(42(31)54)29-9-7-28(8-10-29)50-14-16-58-17-15-50)33(30)21-34-43(55)52(45(57)46(34,39)4)37-22-35(48-49(37)5)41-25(3)32-20-27(47)6-13-36(32)59-41/h6-11,13,18-20,22,31,33-34,38-39,53H,12,14-17,21H2,1-5H3/t31-,33+,34-,38-,39-,46+/m0/s1. The Kier molecular flexibility index (Phi) is 8.76. The van der Waals surface area contributed by atoms with Crippen LogP contribution in [0, 0.1) is 49.9 Å². The van der Waals surface area contributed by atoms with E-state index in [1.165, 1.54) is 9.80 Å². The van der Waals surface area contributed by atoms with Gasteiger partial charge in [-0.1, -0.05) is 35.4 Å². The lowest BCUT2D eigenvalue weighted by Gasteiger charge is -2.49. The molecule has 13 heteroatoms. The van der Waals surface area contributed by atoms with Crippen LogP contribution in [0.4, 0.5) is 17.2 Å². The van der Waals surface area contributed by atoms with Gasteiger partial charge in [-0.2, -0.15) is 5.10 Å². The van der Waals surface area contributed by atoms with Gasteiger partial charge in [-0.25, -0.2) is 4.90 Å². The number of rotatable bonds is 5. The minimum absolute atomic E-state index is 0.170. The normalized spacial score (nSPS) is 26.8. The Balaban J connectivity index is 1.04. The van der Waals surface area contributed by atoms with Crippen molar-refractivity contribution in [2.75, 3.05) is 41.0 Å². The van der Waals surface area contributed by atoms with Gasteiger partial charge in [0.15, 0.2) is 0 Å². The molecule has 3 aliphatic heterocycles. The number of carbonyl (C=O) groups is 4. The van der Waals surface area contributed by atoms with Crippen LogP contribution < -0.4 is 14.7 Å². The molecule has 0 bridgehead atoms. The van der Waals surface area contributed by atoms with Gasteiger partial charge in [0.1, 0.15) is 17.3 Å². The molecule has 3 saturated heterocycles. The number of fused-ring (bicyclic) bond motifs is 5. The van der Waals surface area contributed by atoms with Gasteiger partial charge in [0.2, 0.25) is 23.6 Å². The van der Waals surface area contributed by atoms with E-state index in [9.17, 15) is 14.7 Å². The number of phenols is 1. The molecule has 0 unspecified atom stereocenters. The number of amides is 4. The van der Waals surface area contributed by atoms with Crippen LogP contribution in [0.3, 0.4) is 0 Å². The molecule has 0 spiro atoms. The highest BCUT2D eigenvalue weighted by molar-refractivity contribution is 7.22. The van der Waals surface area contributed by atoms with Crippen LogP contribution in [0.1, 0.15) is 47.9 Å². The average molecular weight is 830 g/mol. The average Bonchev–Trinajstić information content (AvgIpc) is 3.90.